The van der Waals surface area contributed by atoms with E-state index in [2.05, 4.69) is 20.9 Å². The highest BCUT2D eigenvalue weighted by molar-refractivity contribution is 9.10. The zero-order valence-electron chi connectivity index (χ0n) is 6.63. The number of rotatable bonds is 0. The Hall–Kier alpha value is -0.410. The van der Waals surface area contributed by atoms with E-state index in [0.717, 1.165) is 29.3 Å². The molecule has 1 aliphatic carbocycles. The summed E-state index contributed by atoms with van der Waals surface area (Å²) in [6, 6.07) is 0. The van der Waals surface area contributed by atoms with Crippen LogP contribution in [0.1, 0.15) is 30.1 Å². The van der Waals surface area contributed by atoms with Gasteiger partial charge >= 0.3 is 0 Å². The highest BCUT2D eigenvalue weighted by Gasteiger charge is 2.19. The van der Waals surface area contributed by atoms with E-state index in [1.54, 1.807) is 12.4 Å². The summed E-state index contributed by atoms with van der Waals surface area (Å²) in [4.78, 5) is 4.04. The fourth-order valence-corrected chi connectivity index (χ4v) is 2.20. The molecule has 0 radical (unpaired) electrons. The first-order valence-corrected chi connectivity index (χ1v) is 4.88. The van der Waals surface area contributed by atoms with E-state index in [1.165, 1.54) is 5.56 Å². The Morgan fingerprint density at radius 2 is 2.33 bits per heavy atom. The first kappa shape index (κ1) is 8.20. The number of nitrogens with zero attached hydrogens (tertiary/aromatic N) is 1. The summed E-state index contributed by atoms with van der Waals surface area (Å²) in [6.07, 6.45) is 6.23. The van der Waals surface area contributed by atoms with Crippen LogP contribution in [-0.2, 0) is 6.42 Å². The summed E-state index contributed by atoms with van der Waals surface area (Å²) in [5.41, 5.74) is 2.22. The lowest BCUT2D eigenvalue weighted by Crippen LogP contribution is -2.10. The summed E-state index contributed by atoms with van der Waals surface area (Å²) in [6.45, 7) is 0. The van der Waals surface area contributed by atoms with Crippen LogP contribution < -0.4 is 0 Å². The van der Waals surface area contributed by atoms with Gasteiger partial charge in [0, 0.05) is 22.4 Å². The van der Waals surface area contributed by atoms with E-state index >= 15 is 0 Å². The molecule has 1 aliphatic rings. The van der Waals surface area contributed by atoms with Crippen molar-refractivity contribution in [1.82, 2.24) is 4.98 Å². The molecule has 1 heterocycles. The lowest BCUT2D eigenvalue weighted by atomic mass is 9.91. The number of aromatic nitrogens is 1. The SMILES string of the molecule is OC1CCCc2c(Br)cncc21. The molecule has 0 spiro atoms. The Bertz CT molecular complexity index is 301. The molecule has 0 fully saturated rings. The van der Waals surface area contributed by atoms with Crippen molar-refractivity contribution >= 4 is 15.9 Å². The van der Waals surface area contributed by atoms with Gasteiger partial charge in [0.2, 0.25) is 0 Å². The Balaban J connectivity index is 2.52. The van der Waals surface area contributed by atoms with Crippen molar-refractivity contribution in [3.05, 3.63) is 28.0 Å². The molecule has 1 aromatic heterocycles. The van der Waals surface area contributed by atoms with E-state index in [1.807, 2.05) is 0 Å². The zero-order valence-corrected chi connectivity index (χ0v) is 8.21. The highest BCUT2D eigenvalue weighted by Crippen LogP contribution is 2.32. The van der Waals surface area contributed by atoms with Crippen LogP contribution in [-0.4, -0.2) is 10.1 Å². The quantitative estimate of drug-likeness (QED) is 0.738. The maximum atomic E-state index is 9.62. The Morgan fingerprint density at radius 3 is 3.08 bits per heavy atom. The van der Waals surface area contributed by atoms with Crippen LogP contribution in [0, 0.1) is 0 Å². The van der Waals surface area contributed by atoms with Crippen LogP contribution in [0.5, 0.6) is 0 Å². The molecule has 12 heavy (non-hydrogen) atoms. The van der Waals surface area contributed by atoms with E-state index in [4.69, 9.17) is 0 Å². The molecule has 1 unspecified atom stereocenters. The Labute approximate surface area is 79.8 Å². The predicted octanol–water partition coefficient (Wildman–Crippen LogP) is 2.21. The van der Waals surface area contributed by atoms with Gasteiger partial charge in [-0.25, -0.2) is 0 Å². The average Bonchev–Trinajstić information content (AvgIpc) is 2.07. The molecule has 1 atom stereocenters. The van der Waals surface area contributed by atoms with Gasteiger partial charge in [0.25, 0.3) is 0 Å². The molecular formula is C9H10BrNO. The van der Waals surface area contributed by atoms with E-state index in [-0.39, 0.29) is 6.10 Å². The summed E-state index contributed by atoms with van der Waals surface area (Å²) in [7, 11) is 0. The summed E-state index contributed by atoms with van der Waals surface area (Å²) < 4.78 is 1.03. The minimum Gasteiger partial charge on any atom is -0.388 e. The fourth-order valence-electron chi connectivity index (χ4n) is 1.66. The number of halogens is 1. The fraction of sp³-hybridized carbons (Fsp3) is 0.444. The molecule has 3 heteroatoms. The van der Waals surface area contributed by atoms with Crippen molar-refractivity contribution < 1.29 is 5.11 Å². The Morgan fingerprint density at radius 1 is 1.50 bits per heavy atom. The van der Waals surface area contributed by atoms with Gasteiger partial charge in [0.15, 0.2) is 0 Å². The van der Waals surface area contributed by atoms with Gasteiger partial charge in [-0.1, -0.05) is 0 Å². The smallest absolute Gasteiger partial charge is 0.0808 e. The van der Waals surface area contributed by atoms with Crippen LogP contribution in [0.25, 0.3) is 0 Å². The number of pyridine rings is 1. The van der Waals surface area contributed by atoms with Gasteiger partial charge < -0.3 is 5.11 Å². The summed E-state index contributed by atoms with van der Waals surface area (Å²) in [5, 5.41) is 9.62. The number of aliphatic hydroxyl groups excluding tert-OH is 1. The third-order valence-corrected chi connectivity index (χ3v) is 2.98. The van der Waals surface area contributed by atoms with Crippen LogP contribution in [0.2, 0.25) is 0 Å². The van der Waals surface area contributed by atoms with Gasteiger partial charge in [-0.2, -0.15) is 0 Å². The third kappa shape index (κ3) is 1.27. The second-order valence-electron chi connectivity index (χ2n) is 3.10. The number of hydrogen-bond donors (Lipinski definition) is 1. The summed E-state index contributed by atoms with van der Waals surface area (Å²) >= 11 is 3.44. The molecule has 2 nitrogen and oxygen atoms in total. The van der Waals surface area contributed by atoms with Crippen LogP contribution in [0.4, 0.5) is 0 Å². The first-order valence-electron chi connectivity index (χ1n) is 4.09. The van der Waals surface area contributed by atoms with Crippen LogP contribution >= 0.6 is 15.9 Å². The van der Waals surface area contributed by atoms with Crippen molar-refractivity contribution in [2.24, 2.45) is 0 Å². The zero-order chi connectivity index (χ0) is 8.55. The largest absolute Gasteiger partial charge is 0.388 e. The monoisotopic (exact) mass is 227 g/mol. The summed E-state index contributed by atoms with van der Waals surface area (Å²) in [5.74, 6) is 0. The number of hydrogen-bond acceptors (Lipinski definition) is 2. The molecule has 0 bridgehead atoms. The molecule has 0 amide bonds. The standard InChI is InChI=1S/C9H10BrNO/c10-8-5-11-4-7-6(8)2-1-3-9(7)12/h4-5,9,12H,1-3H2. The van der Waals surface area contributed by atoms with Crippen molar-refractivity contribution in [3.8, 4) is 0 Å². The molecule has 64 valence electrons. The molecule has 0 aromatic carbocycles. The van der Waals surface area contributed by atoms with Crippen molar-refractivity contribution in [2.75, 3.05) is 0 Å². The lowest BCUT2D eigenvalue weighted by molar-refractivity contribution is 0.156. The first-order chi connectivity index (χ1) is 5.79. The van der Waals surface area contributed by atoms with Crippen molar-refractivity contribution in [3.63, 3.8) is 0 Å². The number of aliphatic hydroxyl groups is 1. The molecule has 1 N–H and O–H groups in total. The molecule has 0 saturated heterocycles. The van der Waals surface area contributed by atoms with E-state index in [9.17, 15) is 5.11 Å². The maximum Gasteiger partial charge on any atom is 0.0808 e. The molecule has 0 aliphatic heterocycles. The third-order valence-electron chi connectivity index (χ3n) is 2.30. The minimum absolute atomic E-state index is 0.307. The second kappa shape index (κ2) is 3.15. The van der Waals surface area contributed by atoms with Gasteiger partial charge in [-0.3, -0.25) is 4.98 Å². The predicted molar refractivity (Wildman–Crippen MR) is 49.8 cm³/mol. The molecule has 1 aromatic rings. The van der Waals surface area contributed by atoms with Crippen LogP contribution in [0.15, 0.2) is 16.9 Å². The second-order valence-corrected chi connectivity index (χ2v) is 3.95. The van der Waals surface area contributed by atoms with Gasteiger partial charge in [-0.15, -0.1) is 0 Å². The normalized spacial score (nSPS) is 22.0. The molecular weight excluding hydrogens is 218 g/mol. The molecule has 0 saturated carbocycles. The minimum atomic E-state index is -0.307. The highest BCUT2D eigenvalue weighted by atomic mass is 79.9. The van der Waals surface area contributed by atoms with Crippen molar-refractivity contribution in [1.29, 1.82) is 0 Å². The average molecular weight is 228 g/mol. The van der Waals surface area contributed by atoms with E-state index in [0.29, 0.717) is 0 Å². The van der Waals surface area contributed by atoms with Gasteiger partial charge in [0.1, 0.15) is 0 Å². The number of fused-ring (bicyclic) bond motifs is 1. The maximum absolute atomic E-state index is 9.62. The molecule has 2 rings (SSSR count). The van der Waals surface area contributed by atoms with Crippen LogP contribution in [0.3, 0.4) is 0 Å². The van der Waals surface area contributed by atoms with Gasteiger partial charge in [0.05, 0.1) is 6.10 Å². The van der Waals surface area contributed by atoms with Crippen molar-refractivity contribution in [2.45, 2.75) is 25.4 Å². The van der Waals surface area contributed by atoms with Gasteiger partial charge in [-0.05, 0) is 40.8 Å². The Kier molecular flexibility index (Phi) is 2.15. The lowest BCUT2D eigenvalue weighted by Gasteiger charge is -2.21. The topological polar surface area (TPSA) is 33.1 Å². The van der Waals surface area contributed by atoms with E-state index < -0.39 is 0 Å².